The van der Waals surface area contributed by atoms with E-state index in [1.165, 1.54) is 29.1 Å². The maximum Gasteiger partial charge on any atom is 0.264 e. The number of fused-ring (bicyclic) bond motifs is 1. The summed E-state index contributed by atoms with van der Waals surface area (Å²) in [6, 6.07) is 19.6. The van der Waals surface area contributed by atoms with E-state index in [0.717, 1.165) is 30.8 Å². The minimum Gasteiger partial charge on any atom is -0.476 e. The molecule has 200 valence electrons. The van der Waals surface area contributed by atoms with E-state index in [0.29, 0.717) is 23.0 Å². The number of anilines is 1. The number of amides is 1. The van der Waals surface area contributed by atoms with Crippen molar-refractivity contribution in [1.29, 1.82) is 0 Å². The SMILES string of the molecule is Cc1ccc(S(=O)(=O)N2C[C@H](C(=O)NCc3cccc(CN4CCCCC4)c3)Oc3ccc(Cl)cc32)cc1. The van der Waals surface area contributed by atoms with Crippen molar-refractivity contribution in [1.82, 2.24) is 10.2 Å². The van der Waals surface area contributed by atoms with Crippen molar-refractivity contribution in [2.75, 3.05) is 23.9 Å². The van der Waals surface area contributed by atoms with Gasteiger partial charge >= 0.3 is 0 Å². The molecule has 5 rings (SSSR count). The lowest BCUT2D eigenvalue weighted by atomic mass is 10.1. The lowest BCUT2D eigenvalue weighted by Crippen LogP contribution is -2.50. The Hall–Kier alpha value is -3.07. The van der Waals surface area contributed by atoms with Gasteiger partial charge in [-0.3, -0.25) is 14.0 Å². The third kappa shape index (κ3) is 5.98. The van der Waals surface area contributed by atoms with Gasteiger partial charge in [-0.25, -0.2) is 8.42 Å². The van der Waals surface area contributed by atoms with E-state index in [-0.39, 0.29) is 17.3 Å². The summed E-state index contributed by atoms with van der Waals surface area (Å²) < 4.78 is 34.4. The van der Waals surface area contributed by atoms with Gasteiger partial charge in [0.1, 0.15) is 5.75 Å². The zero-order chi connectivity index (χ0) is 26.7. The minimum atomic E-state index is -3.95. The quantitative estimate of drug-likeness (QED) is 0.450. The van der Waals surface area contributed by atoms with Gasteiger partial charge < -0.3 is 10.1 Å². The average molecular weight is 554 g/mol. The van der Waals surface area contributed by atoms with Crippen LogP contribution in [-0.2, 0) is 27.9 Å². The number of carbonyl (C=O) groups excluding carboxylic acids is 1. The molecule has 2 aliphatic heterocycles. The number of carbonyl (C=O) groups is 1. The Morgan fingerprint density at radius 3 is 2.50 bits per heavy atom. The molecule has 1 fully saturated rings. The number of sulfonamides is 1. The standard InChI is InChI=1S/C29H32ClN3O4S/c1-21-8-11-25(12-9-21)38(35,36)33-20-28(37-27-13-10-24(30)17-26(27)33)29(34)31-18-22-6-5-7-23(16-22)19-32-14-3-2-4-15-32/h5-13,16-17,28H,2-4,14-15,18-20H2,1H3,(H,31,34)/t28-/m1/s1. The first-order valence-electron chi connectivity index (χ1n) is 12.9. The Bertz CT molecular complexity index is 1410. The molecule has 2 aliphatic rings. The third-order valence-electron chi connectivity index (χ3n) is 7.00. The van der Waals surface area contributed by atoms with Crippen LogP contribution in [0.3, 0.4) is 0 Å². The molecular weight excluding hydrogens is 522 g/mol. The Labute approximate surface area is 229 Å². The van der Waals surface area contributed by atoms with Crippen molar-refractivity contribution in [3.63, 3.8) is 0 Å². The molecule has 0 aromatic heterocycles. The fraction of sp³-hybridized carbons (Fsp3) is 0.345. The van der Waals surface area contributed by atoms with Gasteiger partial charge in [0.25, 0.3) is 15.9 Å². The molecule has 2 heterocycles. The maximum absolute atomic E-state index is 13.6. The van der Waals surface area contributed by atoms with Crippen molar-refractivity contribution < 1.29 is 17.9 Å². The topological polar surface area (TPSA) is 79.0 Å². The molecule has 0 aliphatic carbocycles. The van der Waals surface area contributed by atoms with Crippen LogP contribution < -0.4 is 14.4 Å². The Morgan fingerprint density at radius 1 is 1.00 bits per heavy atom. The fourth-order valence-electron chi connectivity index (χ4n) is 4.94. The first kappa shape index (κ1) is 26.5. The van der Waals surface area contributed by atoms with E-state index in [9.17, 15) is 13.2 Å². The lowest BCUT2D eigenvalue weighted by Gasteiger charge is -2.35. The molecule has 3 aromatic rings. The van der Waals surface area contributed by atoms with E-state index in [2.05, 4.69) is 22.3 Å². The second-order valence-corrected chi connectivity index (χ2v) is 12.2. The van der Waals surface area contributed by atoms with Crippen LogP contribution in [-0.4, -0.2) is 45.0 Å². The molecule has 1 atom stereocenters. The van der Waals surface area contributed by atoms with E-state index in [1.807, 2.05) is 19.1 Å². The summed E-state index contributed by atoms with van der Waals surface area (Å²) in [5.41, 5.74) is 3.47. The molecule has 38 heavy (non-hydrogen) atoms. The van der Waals surface area contributed by atoms with Crippen molar-refractivity contribution in [2.45, 2.75) is 50.3 Å². The first-order valence-corrected chi connectivity index (χ1v) is 14.7. The molecule has 9 heteroatoms. The average Bonchev–Trinajstić information content (AvgIpc) is 2.92. The zero-order valence-corrected chi connectivity index (χ0v) is 23.0. The first-order chi connectivity index (χ1) is 18.3. The number of likely N-dealkylation sites (tertiary alicyclic amines) is 1. The van der Waals surface area contributed by atoms with E-state index < -0.39 is 16.1 Å². The van der Waals surface area contributed by atoms with Gasteiger partial charge in [-0.2, -0.15) is 0 Å². The highest BCUT2D eigenvalue weighted by atomic mass is 35.5. The number of halogens is 1. The molecule has 7 nitrogen and oxygen atoms in total. The monoisotopic (exact) mass is 553 g/mol. The van der Waals surface area contributed by atoms with Gasteiger partial charge in [0.2, 0.25) is 0 Å². The van der Waals surface area contributed by atoms with E-state index in [4.69, 9.17) is 16.3 Å². The number of nitrogens with zero attached hydrogens (tertiary/aromatic N) is 2. The Morgan fingerprint density at radius 2 is 1.74 bits per heavy atom. The molecule has 0 bridgehead atoms. The highest BCUT2D eigenvalue weighted by Gasteiger charge is 2.37. The van der Waals surface area contributed by atoms with Crippen molar-refractivity contribution in [3.8, 4) is 5.75 Å². The number of piperidine rings is 1. The van der Waals surface area contributed by atoms with E-state index >= 15 is 0 Å². The molecule has 1 amide bonds. The molecule has 0 spiro atoms. The molecule has 3 aromatic carbocycles. The van der Waals surface area contributed by atoms with Crippen molar-refractivity contribution in [2.24, 2.45) is 0 Å². The van der Waals surface area contributed by atoms with Gasteiger partial charge in [0.15, 0.2) is 6.10 Å². The van der Waals surface area contributed by atoms with Crippen LogP contribution in [0.1, 0.15) is 36.0 Å². The third-order valence-corrected chi connectivity index (χ3v) is 9.03. The van der Waals surface area contributed by atoms with Crippen LogP contribution in [0.4, 0.5) is 5.69 Å². The van der Waals surface area contributed by atoms with Crippen LogP contribution >= 0.6 is 11.6 Å². The van der Waals surface area contributed by atoms with Gasteiger partial charge in [-0.1, -0.05) is 60.0 Å². The van der Waals surface area contributed by atoms with Gasteiger partial charge in [-0.15, -0.1) is 0 Å². The molecule has 1 saturated heterocycles. The van der Waals surface area contributed by atoms with Crippen molar-refractivity contribution in [3.05, 3.63) is 88.4 Å². The van der Waals surface area contributed by atoms with Crippen LogP contribution in [0.25, 0.3) is 0 Å². The van der Waals surface area contributed by atoms with Crippen LogP contribution in [0.15, 0.2) is 71.6 Å². The summed E-state index contributed by atoms with van der Waals surface area (Å²) in [7, 11) is -3.95. The normalized spacial score (nSPS) is 17.9. The van der Waals surface area contributed by atoms with Crippen LogP contribution in [0.5, 0.6) is 5.75 Å². The van der Waals surface area contributed by atoms with Gasteiger partial charge in [0.05, 0.1) is 17.1 Å². The summed E-state index contributed by atoms with van der Waals surface area (Å²) in [5.74, 6) is -0.0869. The summed E-state index contributed by atoms with van der Waals surface area (Å²) in [6.07, 6.45) is 2.76. The zero-order valence-electron chi connectivity index (χ0n) is 21.4. The second-order valence-electron chi connectivity index (χ2n) is 9.94. The number of aryl methyl sites for hydroxylation is 1. The molecule has 1 N–H and O–H groups in total. The summed E-state index contributed by atoms with van der Waals surface area (Å²) in [4.78, 5) is 15.8. The number of hydrogen-bond donors (Lipinski definition) is 1. The molecule has 0 radical (unpaired) electrons. The molecule has 0 unspecified atom stereocenters. The summed E-state index contributed by atoms with van der Waals surface area (Å²) in [6.45, 7) is 5.20. The number of nitrogens with one attached hydrogen (secondary N) is 1. The fourth-order valence-corrected chi connectivity index (χ4v) is 6.58. The number of hydrogen-bond acceptors (Lipinski definition) is 5. The van der Waals surface area contributed by atoms with Crippen LogP contribution in [0, 0.1) is 6.92 Å². The highest BCUT2D eigenvalue weighted by Crippen LogP contribution is 2.39. The molecular formula is C29H32ClN3O4S. The van der Waals surface area contributed by atoms with Crippen molar-refractivity contribution >= 4 is 33.2 Å². The molecule has 0 saturated carbocycles. The largest absolute Gasteiger partial charge is 0.476 e. The Balaban J connectivity index is 1.31. The van der Waals surface area contributed by atoms with Gasteiger partial charge in [0, 0.05) is 18.1 Å². The van der Waals surface area contributed by atoms with E-state index in [1.54, 1.807) is 42.5 Å². The summed E-state index contributed by atoms with van der Waals surface area (Å²) in [5, 5.41) is 3.31. The predicted octanol–water partition coefficient (Wildman–Crippen LogP) is 4.91. The summed E-state index contributed by atoms with van der Waals surface area (Å²) >= 11 is 6.19. The second kappa shape index (κ2) is 11.4. The highest BCUT2D eigenvalue weighted by molar-refractivity contribution is 7.92. The predicted molar refractivity (Wildman–Crippen MR) is 149 cm³/mol. The van der Waals surface area contributed by atoms with Gasteiger partial charge in [-0.05, 0) is 74.3 Å². The maximum atomic E-state index is 13.6. The Kier molecular flexibility index (Phi) is 7.93. The number of benzene rings is 3. The number of rotatable bonds is 7. The minimum absolute atomic E-state index is 0.139. The van der Waals surface area contributed by atoms with Crippen LogP contribution in [0.2, 0.25) is 5.02 Å². The number of ether oxygens (including phenoxy) is 1. The smallest absolute Gasteiger partial charge is 0.264 e. The lowest BCUT2D eigenvalue weighted by molar-refractivity contribution is -0.127.